The zero-order valence-corrected chi connectivity index (χ0v) is 19.7. The van der Waals surface area contributed by atoms with E-state index in [-0.39, 0.29) is 11.5 Å². The Morgan fingerprint density at radius 2 is 1.81 bits per heavy atom. The molecule has 0 aromatic heterocycles. The first kappa shape index (κ1) is 23.9. The number of carbonyl (C=O) groups is 1. The number of halogens is 2. The smallest absolute Gasteiger partial charge is 0.235 e. The predicted octanol–water partition coefficient (Wildman–Crippen LogP) is 5.87. The van der Waals surface area contributed by atoms with Crippen molar-refractivity contribution >= 4 is 34.8 Å². The Hall–Kier alpha value is -1.79. The van der Waals surface area contributed by atoms with Crippen LogP contribution in [0.5, 0.6) is 5.75 Å². The van der Waals surface area contributed by atoms with Gasteiger partial charge in [0, 0.05) is 37.5 Å². The zero-order valence-electron chi connectivity index (χ0n) is 18.2. The summed E-state index contributed by atoms with van der Waals surface area (Å²) in [5, 5.41) is 4.12. The van der Waals surface area contributed by atoms with Crippen molar-refractivity contribution in [2.24, 2.45) is 0 Å². The molecule has 1 heterocycles. The van der Waals surface area contributed by atoms with Gasteiger partial charge in [-0.25, -0.2) is 0 Å². The first-order valence-electron chi connectivity index (χ1n) is 10.4. The normalized spacial score (nSPS) is 16.0. The van der Waals surface area contributed by atoms with Gasteiger partial charge in [0.05, 0.1) is 22.6 Å². The summed E-state index contributed by atoms with van der Waals surface area (Å²) < 4.78 is 16.7. The summed E-state index contributed by atoms with van der Waals surface area (Å²) in [6.07, 6.45) is 1.93. The summed E-state index contributed by atoms with van der Waals surface area (Å²) in [5.41, 5.74) is 0.625. The lowest BCUT2D eigenvalue weighted by atomic mass is 9.73. The molecule has 0 unspecified atom stereocenters. The van der Waals surface area contributed by atoms with Gasteiger partial charge < -0.3 is 19.5 Å². The van der Waals surface area contributed by atoms with Gasteiger partial charge in [0.25, 0.3) is 0 Å². The summed E-state index contributed by atoms with van der Waals surface area (Å²) in [5.74, 6) is 0.495. The Labute approximate surface area is 194 Å². The fourth-order valence-electron chi connectivity index (χ4n) is 3.59. The van der Waals surface area contributed by atoms with Crippen LogP contribution in [0.15, 0.2) is 42.5 Å². The molecule has 1 aliphatic rings. The Morgan fingerprint density at radius 3 is 2.42 bits per heavy atom. The number of carbonyl (C=O) groups excluding carboxylic acids is 1. The van der Waals surface area contributed by atoms with Crippen molar-refractivity contribution in [2.45, 2.75) is 44.1 Å². The van der Waals surface area contributed by atoms with Crippen LogP contribution in [0.2, 0.25) is 10.0 Å². The van der Waals surface area contributed by atoms with Crippen LogP contribution in [0.1, 0.15) is 38.7 Å². The predicted molar refractivity (Wildman–Crippen MR) is 124 cm³/mol. The molecule has 0 atom stereocenters. The highest BCUT2D eigenvalue weighted by atomic mass is 35.5. The second-order valence-electron chi connectivity index (χ2n) is 8.36. The molecule has 0 spiro atoms. The highest BCUT2D eigenvalue weighted by molar-refractivity contribution is 6.32. The van der Waals surface area contributed by atoms with Crippen molar-refractivity contribution in [1.82, 2.24) is 0 Å². The fourth-order valence-corrected chi connectivity index (χ4v) is 3.95. The minimum Gasteiger partial charge on any atom is -0.492 e. The van der Waals surface area contributed by atoms with Crippen LogP contribution in [0.3, 0.4) is 0 Å². The molecular formula is C24H29Cl2NO4. The summed E-state index contributed by atoms with van der Waals surface area (Å²) in [4.78, 5) is 13.4. The van der Waals surface area contributed by atoms with Crippen LogP contribution < -0.4 is 10.1 Å². The molecule has 2 aromatic carbocycles. The summed E-state index contributed by atoms with van der Waals surface area (Å²) in [6.45, 7) is 5.54. The van der Waals surface area contributed by atoms with Crippen LogP contribution in [0.4, 0.5) is 5.69 Å². The first-order chi connectivity index (χ1) is 14.8. The molecule has 1 amide bonds. The highest BCUT2D eigenvalue weighted by Gasteiger charge is 2.41. The van der Waals surface area contributed by atoms with Gasteiger partial charge in [-0.3, -0.25) is 4.79 Å². The number of hydrogen-bond donors (Lipinski definition) is 1. The number of ether oxygens (including phenoxy) is 3. The molecule has 1 N–H and O–H groups in total. The zero-order chi connectivity index (χ0) is 22.5. The van der Waals surface area contributed by atoms with Crippen molar-refractivity contribution in [3.8, 4) is 5.75 Å². The molecule has 0 radical (unpaired) electrons. The van der Waals surface area contributed by atoms with Crippen LogP contribution in [0, 0.1) is 0 Å². The molecule has 168 valence electrons. The van der Waals surface area contributed by atoms with Gasteiger partial charge in [0.15, 0.2) is 0 Å². The van der Waals surface area contributed by atoms with Crippen molar-refractivity contribution in [2.75, 3.05) is 32.2 Å². The molecule has 1 aliphatic heterocycles. The largest absolute Gasteiger partial charge is 0.492 e. The van der Waals surface area contributed by atoms with Crippen molar-refractivity contribution in [3.63, 3.8) is 0 Å². The number of amides is 1. The molecule has 0 aliphatic carbocycles. The lowest BCUT2D eigenvalue weighted by Gasteiger charge is -2.36. The molecule has 3 rings (SSSR count). The van der Waals surface area contributed by atoms with Crippen LogP contribution in [-0.4, -0.2) is 38.4 Å². The van der Waals surface area contributed by atoms with E-state index in [0.29, 0.717) is 54.1 Å². The van der Waals surface area contributed by atoms with Crippen molar-refractivity contribution in [3.05, 3.63) is 58.1 Å². The summed E-state index contributed by atoms with van der Waals surface area (Å²) in [6, 6.07) is 12.7. The number of anilines is 1. The SMILES string of the molecule is COC(C)(C)CCOc1ccc(NC(=O)C2(c3ccc(Cl)cc3)CCOCC2)cc1Cl. The lowest BCUT2D eigenvalue weighted by Crippen LogP contribution is -2.44. The molecule has 0 saturated carbocycles. The van der Waals surface area contributed by atoms with Gasteiger partial charge in [0.2, 0.25) is 5.91 Å². The molecule has 1 fully saturated rings. The van der Waals surface area contributed by atoms with E-state index in [1.807, 2.05) is 38.1 Å². The third kappa shape index (κ3) is 5.92. The topological polar surface area (TPSA) is 56.8 Å². The highest BCUT2D eigenvalue weighted by Crippen LogP contribution is 2.37. The van der Waals surface area contributed by atoms with Gasteiger partial charge in [-0.2, -0.15) is 0 Å². The number of benzene rings is 2. The average Bonchev–Trinajstić information content (AvgIpc) is 2.76. The van der Waals surface area contributed by atoms with Crippen LogP contribution in [0.25, 0.3) is 0 Å². The van der Waals surface area contributed by atoms with E-state index in [9.17, 15) is 4.79 Å². The molecule has 0 bridgehead atoms. The summed E-state index contributed by atoms with van der Waals surface area (Å²) >= 11 is 12.5. The molecule has 7 heteroatoms. The minimum absolute atomic E-state index is 0.0790. The van der Waals surface area contributed by atoms with Gasteiger partial charge in [0.1, 0.15) is 5.75 Å². The Morgan fingerprint density at radius 1 is 1.13 bits per heavy atom. The van der Waals surface area contributed by atoms with E-state index in [1.165, 1.54) is 0 Å². The van der Waals surface area contributed by atoms with Crippen molar-refractivity contribution in [1.29, 1.82) is 0 Å². The van der Waals surface area contributed by atoms with Crippen LogP contribution >= 0.6 is 23.2 Å². The molecule has 5 nitrogen and oxygen atoms in total. The molecule has 31 heavy (non-hydrogen) atoms. The summed E-state index contributed by atoms with van der Waals surface area (Å²) in [7, 11) is 1.68. The first-order valence-corrected chi connectivity index (χ1v) is 11.1. The third-order valence-electron chi connectivity index (χ3n) is 5.88. The van der Waals surface area contributed by atoms with E-state index in [0.717, 1.165) is 12.0 Å². The number of methoxy groups -OCH3 is 1. The third-order valence-corrected chi connectivity index (χ3v) is 6.43. The quantitative estimate of drug-likeness (QED) is 0.529. The van der Waals surface area contributed by atoms with E-state index < -0.39 is 5.41 Å². The van der Waals surface area contributed by atoms with E-state index >= 15 is 0 Å². The van der Waals surface area contributed by atoms with Crippen molar-refractivity contribution < 1.29 is 19.0 Å². The molecule has 1 saturated heterocycles. The van der Waals surface area contributed by atoms with E-state index in [4.69, 9.17) is 37.4 Å². The Bertz CT molecular complexity index is 893. The number of rotatable bonds is 8. The maximum Gasteiger partial charge on any atom is 0.235 e. The van der Waals surface area contributed by atoms with Gasteiger partial charge in [-0.15, -0.1) is 0 Å². The maximum absolute atomic E-state index is 13.4. The minimum atomic E-state index is -0.670. The van der Waals surface area contributed by atoms with Gasteiger partial charge >= 0.3 is 0 Å². The second kappa shape index (κ2) is 10.2. The number of hydrogen-bond acceptors (Lipinski definition) is 4. The van der Waals surface area contributed by atoms with Gasteiger partial charge in [-0.05, 0) is 62.6 Å². The Kier molecular flexibility index (Phi) is 7.87. The lowest BCUT2D eigenvalue weighted by molar-refractivity contribution is -0.125. The van der Waals surface area contributed by atoms with E-state index in [1.54, 1.807) is 25.3 Å². The fraction of sp³-hybridized carbons (Fsp3) is 0.458. The second-order valence-corrected chi connectivity index (χ2v) is 9.21. The standard InChI is InChI=1S/C24H29Cl2NO4/c1-23(2,29-3)10-15-31-21-9-8-19(16-20(21)26)27-22(28)24(11-13-30-14-12-24)17-4-6-18(25)7-5-17/h4-9,16H,10-15H2,1-3H3,(H,27,28). The maximum atomic E-state index is 13.4. The van der Waals surface area contributed by atoms with Crippen LogP contribution in [-0.2, 0) is 19.7 Å². The molecule has 2 aromatic rings. The molecular weight excluding hydrogens is 437 g/mol. The van der Waals surface area contributed by atoms with E-state index in [2.05, 4.69) is 5.32 Å². The Balaban J connectivity index is 1.72. The number of nitrogens with one attached hydrogen (secondary N) is 1. The van der Waals surface area contributed by atoms with Gasteiger partial charge in [-0.1, -0.05) is 35.3 Å². The monoisotopic (exact) mass is 465 g/mol. The average molecular weight is 466 g/mol.